The van der Waals surface area contributed by atoms with E-state index in [-0.39, 0.29) is 0 Å². The van der Waals surface area contributed by atoms with Crippen molar-refractivity contribution in [1.29, 1.82) is 0 Å². The van der Waals surface area contributed by atoms with Crippen LogP contribution in [-0.4, -0.2) is 12.1 Å². The first kappa shape index (κ1) is 25.0. The number of unbranched alkanes of at least 4 members (excludes halogenated alkanes) is 8. The summed E-state index contributed by atoms with van der Waals surface area (Å²) < 4.78 is 0. The Bertz CT molecular complexity index is 464. The van der Waals surface area contributed by atoms with E-state index in [1.807, 2.05) is 0 Å². The standard InChI is InChI=1S/C27H47N/c1-4-7-10-16-23-27(22-15-9-6-3,24-17-11-8-5-2)28-25-18-21-26-19-13-12-14-20-26/h12-14,18-21,28H,4-11,15-17,22-25H2,1-3H3. The summed E-state index contributed by atoms with van der Waals surface area (Å²) in [5.74, 6) is 0. The maximum absolute atomic E-state index is 4.03. The molecule has 28 heavy (non-hydrogen) atoms. The van der Waals surface area contributed by atoms with Gasteiger partial charge in [-0.15, -0.1) is 0 Å². The number of benzene rings is 1. The average Bonchev–Trinajstić information content (AvgIpc) is 2.73. The summed E-state index contributed by atoms with van der Waals surface area (Å²) in [6.45, 7) is 7.93. The molecule has 0 saturated carbocycles. The maximum atomic E-state index is 4.03. The molecule has 160 valence electrons. The van der Waals surface area contributed by atoms with E-state index < -0.39 is 0 Å². The van der Waals surface area contributed by atoms with Crippen LogP contribution in [0.2, 0.25) is 0 Å². The highest BCUT2D eigenvalue weighted by Crippen LogP contribution is 2.29. The zero-order valence-corrected chi connectivity index (χ0v) is 19.1. The van der Waals surface area contributed by atoms with Crippen molar-refractivity contribution in [2.75, 3.05) is 6.54 Å². The molecule has 0 unspecified atom stereocenters. The first-order chi connectivity index (χ1) is 13.8. The Labute approximate surface area is 176 Å². The van der Waals surface area contributed by atoms with E-state index >= 15 is 0 Å². The van der Waals surface area contributed by atoms with Gasteiger partial charge in [-0.05, 0) is 24.8 Å². The summed E-state index contributed by atoms with van der Waals surface area (Å²) in [6, 6.07) is 10.7. The van der Waals surface area contributed by atoms with E-state index in [9.17, 15) is 0 Å². The van der Waals surface area contributed by atoms with Crippen molar-refractivity contribution < 1.29 is 0 Å². The summed E-state index contributed by atoms with van der Waals surface area (Å²) in [6.07, 6.45) is 23.6. The molecule has 1 aromatic carbocycles. The molecule has 0 saturated heterocycles. The van der Waals surface area contributed by atoms with Crippen LogP contribution >= 0.6 is 0 Å². The summed E-state index contributed by atoms with van der Waals surface area (Å²) >= 11 is 0. The van der Waals surface area contributed by atoms with E-state index in [1.165, 1.54) is 95.5 Å². The second-order valence-corrected chi connectivity index (χ2v) is 8.55. The molecular weight excluding hydrogens is 338 g/mol. The van der Waals surface area contributed by atoms with Crippen molar-refractivity contribution in [3.63, 3.8) is 0 Å². The Kier molecular flexibility index (Phi) is 15.0. The molecule has 1 nitrogen and oxygen atoms in total. The molecule has 0 fully saturated rings. The Morgan fingerprint density at radius 2 is 1.18 bits per heavy atom. The van der Waals surface area contributed by atoms with Gasteiger partial charge >= 0.3 is 0 Å². The van der Waals surface area contributed by atoms with Crippen molar-refractivity contribution >= 4 is 6.08 Å². The monoisotopic (exact) mass is 385 g/mol. The molecule has 1 N–H and O–H groups in total. The summed E-state index contributed by atoms with van der Waals surface area (Å²) in [5, 5.41) is 4.03. The number of hydrogen-bond donors (Lipinski definition) is 1. The van der Waals surface area contributed by atoms with Gasteiger partial charge in [0.15, 0.2) is 0 Å². The van der Waals surface area contributed by atoms with Gasteiger partial charge in [-0.25, -0.2) is 0 Å². The summed E-state index contributed by atoms with van der Waals surface area (Å²) in [5.41, 5.74) is 1.64. The van der Waals surface area contributed by atoms with Gasteiger partial charge in [-0.2, -0.15) is 0 Å². The lowest BCUT2D eigenvalue weighted by atomic mass is 9.81. The lowest BCUT2D eigenvalue weighted by Crippen LogP contribution is -2.45. The van der Waals surface area contributed by atoms with Crippen LogP contribution in [0.25, 0.3) is 6.08 Å². The van der Waals surface area contributed by atoms with Crippen molar-refractivity contribution in [3.05, 3.63) is 42.0 Å². The van der Waals surface area contributed by atoms with Gasteiger partial charge in [0.25, 0.3) is 0 Å². The van der Waals surface area contributed by atoms with Gasteiger partial charge in [-0.1, -0.05) is 134 Å². The van der Waals surface area contributed by atoms with Crippen LogP contribution in [-0.2, 0) is 0 Å². The fraction of sp³-hybridized carbons (Fsp3) is 0.704. The van der Waals surface area contributed by atoms with Gasteiger partial charge < -0.3 is 5.32 Å². The fourth-order valence-corrected chi connectivity index (χ4v) is 4.17. The smallest absolute Gasteiger partial charge is 0.0184 e. The molecule has 0 radical (unpaired) electrons. The third-order valence-corrected chi connectivity index (χ3v) is 5.98. The number of hydrogen-bond acceptors (Lipinski definition) is 1. The van der Waals surface area contributed by atoms with Crippen LogP contribution in [0.5, 0.6) is 0 Å². The van der Waals surface area contributed by atoms with Crippen molar-refractivity contribution in [1.82, 2.24) is 5.32 Å². The predicted octanol–water partition coefficient (Wildman–Crippen LogP) is 8.55. The largest absolute Gasteiger partial charge is 0.308 e. The second kappa shape index (κ2) is 16.8. The minimum absolute atomic E-state index is 0.345. The first-order valence-corrected chi connectivity index (χ1v) is 12.2. The van der Waals surface area contributed by atoms with Gasteiger partial charge in [0, 0.05) is 12.1 Å². The average molecular weight is 386 g/mol. The number of rotatable bonds is 18. The van der Waals surface area contributed by atoms with E-state index in [0.717, 1.165) is 6.54 Å². The maximum Gasteiger partial charge on any atom is 0.0184 e. The third kappa shape index (κ3) is 11.7. The molecule has 0 aliphatic carbocycles. The first-order valence-electron chi connectivity index (χ1n) is 12.2. The molecule has 0 aliphatic heterocycles. The molecule has 0 heterocycles. The van der Waals surface area contributed by atoms with E-state index in [1.54, 1.807) is 0 Å². The van der Waals surface area contributed by atoms with Gasteiger partial charge in [0.2, 0.25) is 0 Å². The summed E-state index contributed by atoms with van der Waals surface area (Å²) in [4.78, 5) is 0. The highest BCUT2D eigenvalue weighted by atomic mass is 15.0. The van der Waals surface area contributed by atoms with Crippen LogP contribution in [0, 0.1) is 0 Å². The Balaban J connectivity index is 2.68. The molecule has 0 amide bonds. The fourth-order valence-electron chi connectivity index (χ4n) is 4.17. The number of nitrogens with one attached hydrogen (secondary N) is 1. The zero-order valence-electron chi connectivity index (χ0n) is 19.1. The van der Waals surface area contributed by atoms with Crippen LogP contribution in [0.15, 0.2) is 36.4 Å². The molecule has 0 aromatic heterocycles. The summed E-state index contributed by atoms with van der Waals surface area (Å²) in [7, 11) is 0. The van der Waals surface area contributed by atoms with Gasteiger partial charge in [0.05, 0.1) is 0 Å². The van der Waals surface area contributed by atoms with E-state index in [0.29, 0.717) is 5.54 Å². The Morgan fingerprint density at radius 1 is 0.679 bits per heavy atom. The highest BCUT2D eigenvalue weighted by Gasteiger charge is 2.27. The third-order valence-electron chi connectivity index (χ3n) is 5.98. The molecule has 0 atom stereocenters. The van der Waals surface area contributed by atoms with Gasteiger partial charge in [0.1, 0.15) is 0 Å². The Morgan fingerprint density at radius 3 is 1.71 bits per heavy atom. The van der Waals surface area contributed by atoms with Crippen LogP contribution < -0.4 is 5.32 Å². The van der Waals surface area contributed by atoms with Crippen molar-refractivity contribution in [2.24, 2.45) is 0 Å². The van der Waals surface area contributed by atoms with Gasteiger partial charge in [-0.3, -0.25) is 0 Å². The highest BCUT2D eigenvalue weighted by molar-refractivity contribution is 5.48. The zero-order chi connectivity index (χ0) is 20.3. The van der Waals surface area contributed by atoms with Crippen molar-refractivity contribution in [3.8, 4) is 0 Å². The molecule has 0 spiro atoms. The molecular formula is C27H47N. The second-order valence-electron chi connectivity index (χ2n) is 8.55. The van der Waals surface area contributed by atoms with Crippen molar-refractivity contribution in [2.45, 2.75) is 116 Å². The molecule has 1 aromatic rings. The lowest BCUT2D eigenvalue weighted by Gasteiger charge is -2.36. The van der Waals surface area contributed by atoms with E-state index in [4.69, 9.17) is 0 Å². The SMILES string of the molecule is CCCCCCC(CCCCC)(CCCCCC)NCC=Cc1ccccc1. The Hall–Kier alpha value is -1.08. The molecule has 0 bridgehead atoms. The van der Waals surface area contributed by atoms with Crippen LogP contribution in [0.3, 0.4) is 0 Å². The quantitative estimate of drug-likeness (QED) is 0.250. The minimum Gasteiger partial charge on any atom is -0.308 e. The predicted molar refractivity (Wildman–Crippen MR) is 128 cm³/mol. The molecule has 1 heteroatoms. The normalized spacial score (nSPS) is 12.1. The lowest BCUT2D eigenvalue weighted by molar-refractivity contribution is 0.245. The van der Waals surface area contributed by atoms with Crippen LogP contribution in [0.1, 0.15) is 116 Å². The van der Waals surface area contributed by atoms with E-state index in [2.05, 4.69) is 68.6 Å². The van der Waals surface area contributed by atoms with Crippen LogP contribution in [0.4, 0.5) is 0 Å². The molecule has 0 aliphatic rings. The molecule has 1 rings (SSSR count). The topological polar surface area (TPSA) is 12.0 Å². The minimum atomic E-state index is 0.345.